The molecule has 0 bridgehead atoms. The molecule has 0 saturated carbocycles. The zero-order valence-electron chi connectivity index (χ0n) is 21.5. The van der Waals surface area contributed by atoms with Crippen molar-refractivity contribution in [2.45, 2.75) is 64.2 Å². The van der Waals surface area contributed by atoms with Gasteiger partial charge in [0, 0.05) is 25.0 Å². The van der Waals surface area contributed by atoms with Crippen LogP contribution in [0.5, 0.6) is 0 Å². The highest BCUT2D eigenvalue weighted by Gasteiger charge is 2.35. The van der Waals surface area contributed by atoms with Gasteiger partial charge in [-0.05, 0) is 63.3 Å². The molecule has 2 amide bonds. The maximum atomic E-state index is 12.9. The van der Waals surface area contributed by atoms with Gasteiger partial charge < -0.3 is 20.3 Å². The lowest BCUT2D eigenvalue weighted by Gasteiger charge is -2.42. The topological polar surface area (TPSA) is 97.2 Å². The van der Waals surface area contributed by atoms with E-state index in [-0.39, 0.29) is 23.8 Å². The molecule has 190 valence electrons. The van der Waals surface area contributed by atoms with Crippen molar-refractivity contribution in [2.75, 3.05) is 18.4 Å². The Labute approximate surface area is 212 Å². The van der Waals surface area contributed by atoms with Crippen molar-refractivity contribution in [3.63, 3.8) is 0 Å². The van der Waals surface area contributed by atoms with Crippen LogP contribution in [0.25, 0.3) is 11.3 Å². The summed E-state index contributed by atoms with van der Waals surface area (Å²) in [5.41, 5.74) is 5.03. The number of hydrogen-bond donors (Lipinski definition) is 2. The van der Waals surface area contributed by atoms with E-state index in [2.05, 4.69) is 38.9 Å². The molecule has 3 heterocycles. The first-order valence-electron chi connectivity index (χ1n) is 12.7. The monoisotopic (exact) mass is 489 g/mol. The first-order chi connectivity index (χ1) is 17.2. The third kappa shape index (κ3) is 5.67. The average Bonchev–Trinajstić information content (AvgIpc) is 3.10. The van der Waals surface area contributed by atoms with Crippen LogP contribution in [0.3, 0.4) is 0 Å². The molecule has 0 radical (unpaired) electrons. The fourth-order valence-electron chi connectivity index (χ4n) is 4.90. The molecule has 1 fully saturated rings. The Morgan fingerprint density at radius 2 is 2.00 bits per heavy atom. The molecule has 1 unspecified atom stereocenters. The summed E-state index contributed by atoms with van der Waals surface area (Å²) in [7, 11) is 1.87. The highest BCUT2D eigenvalue weighted by molar-refractivity contribution is 5.76. The first kappa shape index (κ1) is 24.2. The molecule has 36 heavy (non-hydrogen) atoms. The summed E-state index contributed by atoms with van der Waals surface area (Å²) < 4.78 is 7.71. The largest absolute Gasteiger partial charge is 0.369 e. The number of carbonyl (C=O) groups is 1. The van der Waals surface area contributed by atoms with Gasteiger partial charge in [0.1, 0.15) is 0 Å². The number of nitrogens with zero attached hydrogens (tertiary/aromatic N) is 5. The Hall–Kier alpha value is -3.46. The Balaban J connectivity index is 1.28. The zero-order chi connectivity index (χ0) is 25.3. The second-order valence-corrected chi connectivity index (χ2v) is 10.7. The van der Waals surface area contributed by atoms with Crippen molar-refractivity contribution < 1.29 is 9.53 Å². The number of ether oxygens (including phenoxy) is 1. The van der Waals surface area contributed by atoms with Gasteiger partial charge in [-0.15, -0.1) is 0 Å². The van der Waals surface area contributed by atoms with Crippen molar-refractivity contribution in [1.29, 1.82) is 0 Å². The lowest BCUT2D eigenvalue weighted by molar-refractivity contribution is -0.111. The van der Waals surface area contributed by atoms with Gasteiger partial charge in [0.25, 0.3) is 0 Å². The molecule has 5 rings (SSSR count). The second-order valence-electron chi connectivity index (χ2n) is 10.7. The third-order valence-electron chi connectivity index (χ3n) is 6.57. The minimum absolute atomic E-state index is 0.00685. The number of urea groups is 1. The number of amides is 2. The van der Waals surface area contributed by atoms with Gasteiger partial charge in [0.05, 0.1) is 48.4 Å². The lowest BCUT2D eigenvalue weighted by Crippen LogP contribution is -2.59. The van der Waals surface area contributed by atoms with Crippen LogP contribution < -0.4 is 10.6 Å². The molecule has 2 aliphatic rings. The van der Waals surface area contributed by atoms with Crippen LogP contribution in [0, 0.1) is 0 Å². The number of aromatic nitrogens is 4. The van der Waals surface area contributed by atoms with E-state index in [0.717, 1.165) is 42.6 Å². The summed E-state index contributed by atoms with van der Waals surface area (Å²) in [5, 5.41) is 10.7. The Morgan fingerprint density at radius 3 is 2.75 bits per heavy atom. The van der Waals surface area contributed by atoms with E-state index in [9.17, 15) is 4.79 Å². The number of rotatable bonds is 5. The van der Waals surface area contributed by atoms with Gasteiger partial charge in [-0.25, -0.2) is 14.8 Å². The number of nitrogens with one attached hydrogen (secondary N) is 2. The summed E-state index contributed by atoms with van der Waals surface area (Å²) in [6, 6.07) is 8.39. The Kier molecular flexibility index (Phi) is 6.66. The minimum atomic E-state index is -0.190. The van der Waals surface area contributed by atoms with E-state index >= 15 is 0 Å². The summed E-state index contributed by atoms with van der Waals surface area (Å²) in [6.45, 7) is 7.43. The normalized spacial score (nSPS) is 18.2. The van der Waals surface area contributed by atoms with Crippen molar-refractivity contribution >= 4 is 17.7 Å². The number of fused-ring (bicyclic) bond motifs is 1. The molecule has 1 aliphatic carbocycles. The van der Waals surface area contributed by atoms with Crippen LogP contribution in [0.1, 0.15) is 57.2 Å². The van der Waals surface area contributed by atoms with Crippen molar-refractivity contribution in [3.05, 3.63) is 54.0 Å². The molecular formula is C27H35N7O2. The van der Waals surface area contributed by atoms with E-state index in [1.807, 2.05) is 45.0 Å². The van der Waals surface area contributed by atoms with Crippen molar-refractivity contribution in [3.8, 4) is 11.3 Å². The van der Waals surface area contributed by atoms with Crippen LogP contribution in [-0.4, -0.2) is 55.5 Å². The molecule has 9 nitrogen and oxygen atoms in total. The van der Waals surface area contributed by atoms with E-state index in [4.69, 9.17) is 9.72 Å². The van der Waals surface area contributed by atoms with E-state index in [1.165, 1.54) is 11.1 Å². The van der Waals surface area contributed by atoms with E-state index in [1.54, 1.807) is 17.1 Å². The number of anilines is 2. The molecule has 1 aliphatic heterocycles. The molecule has 1 aromatic carbocycles. The number of carbonyl (C=O) groups excluding carboxylic acids is 1. The molecular weight excluding hydrogens is 454 g/mol. The summed E-state index contributed by atoms with van der Waals surface area (Å²) in [6.07, 6.45) is 9.62. The molecule has 0 spiro atoms. The highest BCUT2D eigenvalue weighted by Crippen LogP contribution is 2.32. The van der Waals surface area contributed by atoms with Gasteiger partial charge in [-0.3, -0.25) is 4.68 Å². The van der Waals surface area contributed by atoms with E-state index < -0.39 is 0 Å². The Bertz CT molecular complexity index is 1230. The summed E-state index contributed by atoms with van der Waals surface area (Å²) >= 11 is 0. The predicted molar refractivity (Wildman–Crippen MR) is 139 cm³/mol. The third-order valence-corrected chi connectivity index (χ3v) is 6.57. The minimum Gasteiger partial charge on any atom is -0.369 e. The van der Waals surface area contributed by atoms with Crippen LogP contribution in [-0.2, 0) is 18.2 Å². The summed E-state index contributed by atoms with van der Waals surface area (Å²) in [5.74, 6) is 0.531. The molecule has 2 aromatic heterocycles. The molecule has 9 heteroatoms. The maximum Gasteiger partial charge on any atom is 0.318 e. The average molecular weight is 490 g/mol. The van der Waals surface area contributed by atoms with Crippen molar-refractivity contribution in [1.82, 2.24) is 30.0 Å². The predicted octanol–water partition coefficient (Wildman–Crippen LogP) is 4.60. The van der Waals surface area contributed by atoms with Gasteiger partial charge in [0.15, 0.2) is 0 Å². The molecule has 1 atom stereocenters. The second kappa shape index (κ2) is 9.89. The fraction of sp³-hybridized carbons (Fsp3) is 0.481. The number of likely N-dealkylation sites (tertiary alicyclic amines) is 1. The first-order valence-corrected chi connectivity index (χ1v) is 12.7. The lowest BCUT2D eigenvalue weighted by atomic mass is 9.95. The zero-order valence-corrected chi connectivity index (χ0v) is 21.5. The highest BCUT2D eigenvalue weighted by atomic mass is 16.5. The number of hydrogen-bond acceptors (Lipinski definition) is 6. The van der Waals surface area contributed by atoms with E-state index in [0.29, 0.717) is 19.0 Å². The number of aryl methyl sites for hydroxylation is 2. The maximum absolute atomic E-state index is 12.9. The Morgan fingerprint density at radius 1 is 1.17 bits per heavy atom. The number of benzene rings is 1. The SMILES string of the molecule is Cn1cc(Nc2nccc(-c3ccc4c(c3)CCCCC4NC(=O)N3CC(OC(C)(C)C)C3)n2)cn1. The molecule has 3 aromatic rings. The molecule has 2 N–H and O–H groups in total. The van der Waals surface area contributed by atoms with Gasteiger partial charge >= 0.3 is 6.03 Å². The van der Waals surface area contributed by atoms with Gasteiger partial charge in [-0.1, -0.05) is 18.6 Å². The van der Waals surface area contributed by atoms with Crippen LogP contribution in [0.2, 0.25) is 0 Å². The standard InChI is InChI=1S/C27H35N7O2/c1-27(2,3)36-21-16-34(17-21)26(35)32-24-8-6-5-7-18-13-19(9-10-22(18)24)23-11-12-28-25(31-23)30-20-14-29-33(4)15-20/h9-15,21,24H,5-8,16-17H2,1-4H3,(H,32,35)(H,28,30,31). The van der Waals surface area contributed by atoms with Gasteiger partial charge in [0.2, 0.25) is 5.95 Å². The summed E-state index contributed by atoms with van der Waals surface area (Å²) in [4.78, 5) is 23.8. The van der Waals surface area contributed by atoms with Gasteiger partial charge in [-0.2, -0.15) is 5.10 Å². The van der Waals surface area contributed by atoms with Crippen LogP contribution in [0.4, 0.5) is 16.4 Å². The fourth-order valence-corrected chi connectivity index (χ4v) is 4.90. The quantitative estimate of drug-likeness (QED) is 0.509. The molecule has 1 saturated heterocycles. The van der Waals surface area contributed by atoms with Crippen LogP contribution in [0.15, 0.2) is 42.9 Å². The smallest absolute Gasteiger partial charge is 0.318 e. The van der Waals surface area contributed by atoms with Crippen molar-refractivity contribution in [2.24, 2.45) is 7.05 Å². The van der Waals surface area contributed by atoms with Crippen LogP contribution >= 0.6 is 0 Å².